The largest absolute Gasteiger partial charge is 0.322 e. The smallest absolute Gasteiger partial charge is 0.255 e. The van der Waals surface area contributed by atoms with E-state index >= 15 is 0 Å². The molecule has 5 rings (SSSR count). The minimum atomic E-state index is -0.622. The summed E-state index contributed by atoms with van der Waals surface area (Å²) in [5, 5.41) is 2.32. The van der Waals surface area contributed by atoms with E-state index in [4.69, 9.17) is 0 Å². The van der Waals surface area contributed by atoms with Crippen LogP contribution in [0.3, 0.4) is 0 Å². The first kappa shape index (κ1) is 18.1. The number of benzene rings is 1. The molecule has 1 aromatic carbocycles. The van der Waals surface area contributed by atoms with Gasteiger partial charge in [0.15, 0.2) is 5.82 Å². The van der Waals surface area contributed by atoms with Crippen molar-refractivity contribution in [2.75, 3.05) is 0 Å². The number of nitrogens with zero attached hydrogens (tertiary/aromatic N) is 4. The lowest BCUT2D eigenvalue weighted by atomic mass is 10.0. The summed E-state index contributed by atoms with van der Waals surface area (Å²) in [7, 11) is 0. The number of fused-ring (bicyclic) bond motifs is 1. The van der Waals surface area contributed by atoms with Gasteiger partial charge >= 0.3 is 0 Å². The predicted octanol–water partition coefficient (Wildman–Crippen LogP) is 1.97. The van der Waals surface area contributed by atoms with Crippen molar-refractivity contribution in [1.29, 1.82) is 0 Å². The Bertz CT molecular complexity index is 1180. The maximum Gasteiger partial charge on any atom is 0.255 e. The van der Waals surface area contributed by atoms with Crippen LogP contribution < -0.4 is 5.32 Å². The first-order chi connectivity index (χ1) is 14.6. The van der Waals surface area contributed by atoms with Crippen LogP contribution in [0.4, 0.5) is 0 Å². The Kier molecular flexibility index (Phi) is 4.31. The van der Waals surface area contributed by atoms with Gasteiger partial charge in [0.05, 0.1) is 5.69 Å². The van der Waals surface area contributed by atoms with Crippen molar-refractivity contribution in [2.24, 2.45) is 0 Å². The van der Waals surface area contributed by atoms with Gasteiger partial charge in [-0.2, -0.15) is 0 Å². The molecule has 8 nitrogen and oxygen atoms in total. The van der Waals surface area contributed by atoms with Crippen LogP contribution in [0.25, 0.3) is 22.8 Å². The summed E-state index contributed by atoms with van der Waals surface area (Å²) in [6.07, 6.45) is 3.92. The third kappa shape index (κ3) is 3.12. The molecule has 1 saturated heterocycles. The molecule has 0 aliphatic carbocycles. The predicted molar refractivity (Wildman–Crippen MR) is 107 cm³/mol. The van der Waals surface area contributed by atoms with E-state index in [9.17, 15) is 14.4 Å². The lowest BCUT2D eigenvalue weighted by Crippen LogP contribution is -2.52. The number of pyridine rings is 1. The van der Waals surface area contributed by atoms with Crippen LogP contribution >= 0.6 is 0 Å². The van der Waals surface area contributed by atoms with Crippen LogP contribution in [-0.2, 0) is 16.1 Å². The van der Waals surface area contributed by atoms with E-state index in [0.717, 1.165) is 16.8 Å². The number of amides is 3. The molecule has 1 atom stereocenters. The number of hydrogen-bond donors (Lipinski definition) is 1. The fourth-order valence-corrected chi connectivity index (χ4v) is 3.89. The third-order valence-electron chi connectivity index (χ3n) is 5.36. The normalized spacial score (nSPS) is 18.3. The second-order valence-corrected chi connectivity index (χ2v) is 7.25. The van der Waals surface area contributed by atoms with E-state index in [-0.39, 0.29) is 18.2 Å². The molecule has 1 unspecified atom stereocenters. The molecule has 3 aromatic rings. The SMILES string of the molecule is O=C1CCC(N2Cc3cc(-c4cccc(-c5ncccn5)n4)ccc3C2=O)C(=O)N1. The van der Waals surface area contributed by atoms with E-state index < -0.39 is 11.9 Å². The van der Waals surface area contributed by atoms with Crippen molar-refractivity contribution in [3.8, 4) is 22.8 Å². The zero-order valence-electron chi connectivity index (χ0n) is 15.9. The standard InChI is InChI=1S/C22H17N5O3/c28-19-8-7-18(21(29)26-19)27-12-14-11-13(5-6-15(14)22(27)30)16-3-1-4-17(25-16)20-23-9-2-10-24-20/h1-6,9-11,18H,7-8,12H2,(H,26,28,29). The van der Waals surface area contributed by atoms with Crippen LogP contribution in [0, 0.1) is 0 Å². The van der Waals surface area contributed by atoms with E-state index in [1.54, 1.807) is 24.5 Å². The van der Waals surface area contributed by atoms with E-state index in [0.29, 0.717) is 30.0 Å². The van der Waals surface area contributed by atoms with Crippen molar-refractivity contribution in [3.05, 3.63) is 66.0 Å². The van der Waals surface area contributed by atoms with Crippen molar-refractivity contribution in [3.63, 3.8) is 0 Å². The second kappa shape index (κ2) is 7.14. The van der Waals surface area contributed by atoms with Gasteiger partial charge in [-0.15, -0.1) is 0 Å². The highest BCUT2D eigenvalue weighted by atomic mass is 16.2. The molecule has 1 fully saturated rings. The average molecular weight is 399 g/mol. The van der Waals surface area contributed by atoms with Crippen molar-refractivity contribution < 1.29 is 14.4 Å². The average Bonchev–Trinajstić information content (AvgIpc) is 3.10. The Morgan fingerprint density at radius 3 is 2.57 bits per heavy atom. The van der Waals surface area contributed by atoms with E-state index in [1.165, 1.54) is 4.90 Å². The van der Waals surface area contributed by atoms with E-state index in [1.807, 2.05) is 30.3 Å². The maximum atomic E-state index is 12.8. The molecule has 0 spiro atoms. The van der Waals surface area contributed by atoms with Gasteiger partial charge < -0.3 is 4.90 Å². The number of carbonyl (C=O) groups is 3. The van der Waals surface area contributed by atoms with Gasteiger partial charge in [0.25, 0.3) is 5.91 Å². The summed E-state index contributed by atoms with van der Waals surface area (Å²) in [6, 6.07) is 12.3. The number of nitrogens with one attached hydrogen (secondary N) is 1. The minimum Gasteiger partial charge on any atom is -0.322 e. The molecule has 3 amide bonds. The quantitative estimate of drug-likeness (QED) is 0.675. The third-order valence-corrected chi connectivity index (χ3v) is 5.36. The fourth-order valence-electron chi connectivity index (χ4n) is 3.89. The highest BCUT2D eigenvalue weighted by molar-refractivity contribution is 6.05. The summed E-state index contributed by atoms with van der Waals surface area (Å²) in [4.78, 5) is 51.1. The Hall–Kier alpha value is -3.94. The van der Waals surface area contributed by atoms with Crippen molar-refractivity contribution >= 4 is 17.7 Å². The van der Waals surface area contributed by atoms with Crippen molar-refractivity contribution in [2.45, 2.75) is 25.4 Å². The highest BCUT2D eigenvalue weighted by Crippen LogP contribution is 2.31. The van der Waals surface area contributed by atoms with Crippen LogP contribution in [0.15, 0.2) is 54.9 Å². The van der Waals surface area contributed by atoms with Crippen LogP contribution in [0.2, 0.25) is 0 Å². The lowest BCUT2D eigenvalue weighted by Gasteiger charge is -2.29. The summed E-state index contributed by atoms with van der Waals surface area (Å²) in [5.41, 5.74) is 3.69. The molecule has 0 saturated carbocycles. The number of imide groups is 1. The van der Waals surface area contributed by atoms with Gasteiger partial charge in [-0.3, -0.25) is 19.7 Å². The molecule has 4 heterocycles. The monoisotopic (exact) mass is 399 g/mol. The number of hydrogen-bond acceptors (Lipinski definition) is 6. The molecule has 148 valence electrons. The van der Waals surface area contributed by atoms with Gasteiger partial charge in [0.2, 0.25) is 11.8 Å². The van der Waals surface area contributed by atoms with E-state index in [2.05, 4.69) is 20.3 Å². The minimum absolute atomic E-state index is 0.189. The van der Waals surface area contributed by atoms with Gasteiger partial charge in [0.1, 0.15) is 11.7 Å². The Morgan fingerprint density at radius 1 is 0.967 bits per heavy atom. The summed E-state index contributed by atoms with van der Waals surface area (Å²) in [5.74, 6) is -0.355. The van der Waals surface area contributed by atoms with Crippen LogP contribution in [0.1, 0.15) is 28.8 Å². The van der Waals surface area contributed by atoms with Gasteiger partial charge in [-0.25, -0.2) is 15.0 Å². The Morgan fingerprint density at radius 2 is 1.77 bits per heavy atom. The summed E-state index contributed by atoms with van der Waals surface area (Å²) >= 11 is 0. The van der Waals surface area contributed by atoms with Crippen LogP contribution in [0.5, 0.6) is 0 Å². The zero-order valence-corrected chi connectivity index (χ0v) is 15.9. The van der Waals surface area contributed by atoms with Gasteiger partial charge in [-0.1, -0.05) is 12.1 Å². The topological polar surface area (TPSA) is 105 Å². The first-order valence-corrected chi connectivity index (χ1v) is 9.62. The second-order valence-electron chi connectivity index (χ2n) is 7.25. The van der Waals surface area contributed by atoms with Gasteiger partial charge in [0, 0.05) is 36.5 Å². The zero-order chi connectivity index (χ0) is 20.7. The molecule has 30 heavy (non-hydrogen) atoms. The molecule has 2 aliphatic rings. The van der Waals surface area contributed by atoms with Crippen LogP contribution in [-0.4, -0.2) is 43.6 Å². The molecule has 8 heteroatoms. The molecule has 0 radical (unpaired) electrons. The summed E-state index contributed by atoms with van der Waals surface area (Å²) in [6.45, 7) is 0.329. The molecule has 2 aliphatic heterocycles. The van der Waals surface area contributed by atoms with Gasteiger partial charge in [-0.05, 0) is 42.3 Å². The maximum absolute atomic E-state index is 12.8. The summed E-state index contributed by atoms with van der Waals surface area (Å²) < 4.78 is 0. The molecule has 2 aromatic heterocycles. The number of piperidine rings is 1. The first-order valence-electron chi connectivity index (χ1n) is 9.62. The molecule has 1 N–H and O–H groups in total. The molecular formula is C22H17N5O3. The fraction of sp³-hybridized carbons (Fsp3) is 0.182. The number of aromatic nitrogens is 3. The molecular weight excluding hydrogens is 382 g/mol. The highest BCUT2D eigenvalue weighted by Gasteiger charge is 2.39. The number of rotatable bonds is 3. The Balaban J connectivity index is 1.44. The molecule has 0 bridgehead atoms. The lowest BCUT2D eigenvalue weighted by molar-refractivity contribution is -0.136. The Labute approximate surface area is 172 Å². The van der Waals surface area contributed by atoms with Crippen molar-refractivity contribution in [1.82, 2.24) is 25.2 Å². The number of carbonyl (C=O) groups excluding carboxylic acids is 3.